The largest absolute Gasteiger partial charge is 1.00 e. The molecule has 0 aliphatic heterocycles. The summed E-state index contributed by atoms with van der Waals surface area (Å²) in [6, 6.07) is 0. The van der Waals surface area contributed by atoms with Crippen LogP contribution in [0.4, 0.5) is 0 Å². The van der Waals surface area contributed by atoms with Crippen molar-refractivity contribution in [3.63, 3.8) is 0 Å². The predicted octanol–water partition coefficient (Wildman–Crippen LogP) is -2.87. The smallest absolute Gasteiger partial charge is 1.00 e. The molecule has 0 aromatic heterocycles. The molecule has 3 nitrogen and oxygen atoms in total. The molecule has 3 N–H and O–H groups in total. The van der Waals surface area contributed by atoms with Gasteiger partial charge < -0.3 is 6.53 Å². The number of hydrogen-bond donors (Lipinski definition) is 3. The predicted molar refractivity (Wildman–Crippen MR) is 19.1 cm³/mol. The summed E-state index contributed by atoms with van der Waals surface area (Å²) in [6.45, 7) is 1.93. The quantitative estimate of drug-likeness (QED) is 0.183. The van der Waals surface area contributed by atoms with Gasteiger partial charge >= 0.3 is 51.4 Å². The molecule has 0 bridgehead atoms. The van der Waals surface area contributed by atoms with E-state index >= 15 is 0 Å². The molecule has 0 fully saturated rings. The normalized spacial score (nSPS) is 4.00. The second-order valence-electron chi connectivity index (χ2n) is 0.316. The van der Waals surface area contributed by atoms with Crippen LogP contribution in [0, 0.1) is 0 Å². The number of rotatable bonds is 0. The van der Waals surface area contributed by atoms with Crippen LogP contribution in [0.2, 0.25) is 0 Å². The molecule has 0 amide bonds. The van der Waals surface area contributed by atoms with Gasteiger partial charge in [-0.05, 0) is 6.92 Å². The van der Waals surface area contributed by atoms with Crippen LogP contribution in [0.5, 0.6) is 0 Å². The van der Waals surface area contributed by atoms with E-state index in [1.54, 1.807) is 6.92 Å². The average Bonchev–Trinajstić information content (AvgIpc) is 1.46. The molecule has 0 aliphatic rings. The van der Waals surface area contributed by atoms with E-state index in [2.05, 4.69) is 0 Å². The first-order valence-electron chi connectivity index (χ1n) is 1.22. The first-order chi connectivity index (χ1) is 2.41. The molecule has 0 rings (SSSR count). The Balaban J connectivity index is -0.0000000105. The van der Waals surface area contributed by atoms with Crippen molar-refractivity contribution >= 4 is 0 Å². The monoisotopic (exact) mass is 120 g/mol. The zero-order valence-corrected chi connectivity index (χ0v) is 7.17. The molecule has 0 radical (unpaired) electrons. The van der Waals surface area contributed by atoms with Crippen molar-refractivity contribution in [2.24, 2.45) is 0 Å². The van der Waals surface area contributed by atoms with Crippen LogP contribution in [0.25, 0.3) is 0 Å². The minimum absolute atomic E-state index is 0. The van der Waals surface area contributed by atoms with Gasteiger partial charge in [-0.1, -0.05) is 0 Å². The summed E-state index contributed by atoms with van der Waals surface area (Å²) in [5.74, 6) is 0. The Bertz CT molecular complexity index is 12.9. The Kier molecular flexibility index (Phi) is 81.7. The fourth-order valence-corrected chi connectivity index (χ4v) is 0. The van der Waals surface area contributed by atoms with Gasteiger partial charge in [0.15, 0.2) is 0 Å². The van der Waals surface area contributed by atoms with E-state index in [0.717, 1.165) is 0 Å². The van der Waals surface area contributed by atoms with E-state index in [-0.39, 0.29) is 59.4 Å². The first kappa shape index (κ1) is 15.6. The van der Waals surface area contributed by atoms with Gasteiger partial charge in [-0.2, -0.15) is 0 Å². The van der Waals surface area contributed by atoms with E-state index in [1.807, 2.05) is 0 Å². The molecule has 6 heavy (non-hydrogen) atoms. The average molecular weight is 120 g/mol. The second kappa shape index (κ2) is 31.3. The summed E-state index contributed by atoms with van der Waals surface area (Å²) in [6.07, 6.45) is 0. The van der Waals surface area contributed by atoms with E-state index in [9.17, 15) is 0 Å². The Labute approximate surface area is 80.8 Å². The van der Waals surface area contributed by atoms with Crippen molar-refractivity contribution in [1.29, 1.82) is 0 Å². The fraction of sp³-hybridized carbons (Fsp3) is 1.00. The maximum absolute atomic E-state index is 7.57. The number of aliphatic hydroxyl groups is 1. The second-order valence-corrected chi connectivity index (χ2v) is 0.316. The maximum Gasteiger partial charge on any atom is 1.00 e. The van der Waals surface area contributed by atoms with Crippen LogP contribution < -0.4 is 51.4 Å². The van der Waals surface area contributed by atoms with Gasteiger partial charge in [0.25, 0.3) is 0 Å². The van der Waals surface area contributed by atoms with E-state index < -0.39 is 0 Å². The van der Waals surface area contributed by atoms with Gasteiger partial charge in [0, 0.05) is 6.61 Å². The Morgan fingerprint density at radius 1 is 1.50 bits per heavy atom. The Hall–Kier alpha value is 1.52. The summed E-state index contributed by atoms with van der Waals surface area (Å²) in [4.78, 5) is 0. The number of hydrogen-bond acceptors (Lipinski definition) is 3. The van der Waals surface area contributed by atoms with E-state index in [0.29, 0.717) is 0 Å². The Morgan fingerprint density at radius 3 is 1.50 bits per heavy atom. The Morgan fingerprint density at radius 2 is 1.50 bits per heavy atom. The van der Waals surface area contributed by atoms with Crippen molar-refractivity contribution < 1.29 is 68.4 Å². The molecule has 36 valence electrons. The SMILES string of the molecule is CCO.OO.[H-].[K+]. The molecule has 0 spiro atoms. The van der Waals surface area contributed by atoms with Crippen LogP contribution in [0.15, 0.2) is 0 Å². The molecular weight excluding hydrogens is 111 g/mol. The van der Waals surface area contributed by atoms with Gasteiger partial charge in [0.2, 0.25) is 0 Å². The maximum atomic E-state index is 7.57. The molecule has 0 atom stereocenters. The molecular formula is C2H9KO3. The summed E-state index contributed by atoms with van der Waals surface area (Å²) < 4.78 is 0. The number of aliphatic hydroxyl groups excluding tert-OH is 1. The minimum Gasteiger partial charge on any atom is -1.00 e. The topological polar surface area (TPSA) is 60.7 Å². The zero-order valence-electron chi connectivity index (χ0n) is 5.05. The van der Waals surface area contributed by atoms with Crippen LogP contribution in [0.3, 0.4) is 0 Å². The molecule has 0 aromatic carbocycles. The van der Waals surface area contributed by atoms with Crippen molar-refractivity contribution in [3.05, 3.63) is 0 Å². The molecule has 0 aliphatic carbocycles. The molecule has 0 saturated heterocycles. The van der Waals surface area contributed by atoms with Gasteiger partial charge in [0.05, 0.1) is 0 Å². The first-order valence-corrected chi connectivity index (χ1v) is 1.22. The minimum atomic E-state index is 0. The molecule has 0 aromatic rings. The third kappa shape index (κ3) is 48.9. The van der Waals surface area contributed by atoms with Crippen molar-refractivity contribution in [2.45, 2.75) is 6.92 Å². The third-order valence-electron chi connectivity index (χ3n) is 0. The van der Waals surface area contributed by atoms with Gasteiger partial charge in [-0.25, -0.2) is 0 Å². The van der Waals surface area contributed by atoms with Crippen LogP contribution in [0.1, 0.15) is 8.35 Å². The zero-order chi connectivity index (χ0) is 4.71. The molecule has 0 heterocycles. The third-order valence-corrected chi connectivity index (χ3v) is 0. The van der Waals surface area contributed by atoms with Gasteiger partial charge in [0.1, 0.15) is 0 Å². The summed E-state index contributed by atoms with van der Waals surface area (Å²) in [5.41, 5.74) is 0. The van der Waals surface area contributed by atoms with Crippen molar-refractivity contribution in [2.75, 3.05) is 6.61 Å². The van der Waals surface area contributed by atoms with E-state index in [1.165, 1.54) is 0 Å². The van der Waals surface area contributed by atoms with Crippen LogP contribution >= 0.6 is 0 Å². The summed E-state index contributed by atoms with van der Waals surface area (Å²) >= 11 is 0. The molecule has 0 saturated carbocycles. The summed E-state index contributed by atoms with van der Waals surface area (Å²) in [7, 11) is 0. The molecule has 0 unspecified atom stereocenters. The summed E-state index contributed by atoms with van der Waals surface area (Å²) in [5, 5.41) is 19.6. The van der Waals surface area contributed by atoms with Crippen LogP contribution in [-0.2, 0) is 0 Å². The van der Waals surface area contributed by atoms with Gasteiger partial charge in [-0.3, -0.25) is 10.5 Å². The van der Waals surface area contributed by atoms with Crippen molar-refractivity contribution in [3.8, 4) is 0 Å². The standard InChI is InChI=1S/C2H6O.K.H2O2.H/c1-2-3;;1-2;/h3H,2H2,1H3;;1-2H;/q;+1;;-1. The fourth-order valence-electron chi connectivity index (χ4n) is 0. The van der Waals surface area contributed by atoms with Crippen molar-refractivity contribution in [1.82, 2.24) is 0 Å². The van der Waals surface area contributed by atoms with E-state index in [4.69, 9.17) is 15.6 Å². The van der Waals surface area contributed by atoms with Crippen LogP contribution in [-0.4, -0.2) is 22.2 Å². The van der Waals surface area contributed by atoms with Gasteiger partial charge in [-0.15, -0.1) is 0 Å². The molecule has 4 heteroatoms.